The van der Waals surface area contributed by atoms with Crippen molar-refractivity contribution < 1.29 is 9.90 Å². The van der Waals surface area contributed by atoms with Gasteiger partial charge in [-0.3, -0.25) is 4.79 Å². The molecule has 1 atom stereocenters. The summed E-state index contributed by atoms with van der Waals surface area (Å²) >= 11 is 0. The fraction of sp³-hybridized carbons (Fsp3) is 0.917. The third-order valence-electron chi connectivity index (χ3n) is 3.60. The molecule has 0 saturated heterocycles. The average Bonchev–Trinajstić information content (AvgIpc) is 2.77. The fourth-order valence-electron chi connectivity index (χ4n) is 2.55. The topological polar surface area (TPSA) is 52.6 Å². The Morgan fingerprint density at radius 2 is 2.12 bits per heavy atom. The molecular weight excluding hydrogens is 204 g/mol. The lowest BCUT2D eigenvalue weighted by Crippen LogP contribution is -2.40. The highest BCUT2D eigenvalue weighted by Crippen LogP contribution is 2.23. The Morgan fingerprint density at radius 3 is 2.56 bits per heavy atom. The monoisotopic (exact) mass is 228 g/mol. The Hall–Kier alpha value is -0.610. The molecule has 1 rings (SSSR count). The Balaban J connectivity index is 2.35. The van der Waals surface area contributed by atoms with E-state index in [1.54, 1.807) is 7.05 Å². The predicted octanol–water partition coefficient (Wildman–Crippen LogP) is 1.31. The number of carboxylic acid groups (broad SMARTS) is 1. The molecule has 0 bridgehead atoms. The molecule has 94 valence electrons. The summed E-state index contributed by atoms with van der Waals surface area (Å²) in [5, 5.41) is 11.8. The summed E-state index contributed by atoms with van der Waals surface area (Å²) in [6.07, 6.45) is 5.91. The van der Waals surface area contributed by atoms with E-state index in [-0.39, 0.29) is 0 Å². The highest BCUT2D eigenvalue weighted by atomic mass is 16.4. The van der Waals surface area contributed by atoms with Crippen LogP contribution in [0.25, 0.3) is 0 Å². The summed E-state index contributed by atoms with van der Waals surface area (Å²) in [5.41, 5.74) is 0. The summed E-state index contributed by atoms with van der Waals surface area (Å²) in [7, 11) is 1.71. The van der Waals surface area contributed by atoms with Crippen LogP contribution in [0.15, 0.2) is 0 Å². The fourth-order valence-corrected chi connectivity index (χ4v) is 2.55. The maximum absolute atomic E-state index is 10.9. The quantitative estimate of drug-likeness (QED) is 0.690. The summed E-state index contributed by atoms with van der Waals surface area (Å²) in [6.45, 7) is 4.08. The van der Waals surface area contributed by atoms with Crippen molar-refractivity contribution in [2.24, 2.45) is 0 Å². The zero-order chi connectivity index (χ0) is 12.0. The summed E-state index contributed by atoms with van der Waals surface area (Å²) in [4.78, 5) is 13.3. The second-order valence-corrected chi connectivity index (χ2v) is 4.54. The zero-order valence-electron chi connectivity index (χ0n) is 10.4. The number of carboxylic acids is 1. The molecule has 4 nitrogen and oxygen atoms in total. The molecule has 0 aromatic heterocycles. The van der Waals surface area contributed by atoms with Gasteiger partial charge in [0.15, 0.2) is 0 Å². The molecule has 1 fully saturated rings. The van der Waals surface area contributed by atoms with Crippen LogP contribution in [0, 0.1) is 0 Å². The summed E-state index contributed by atoms with van der Waals surface area (Å²) in [6, 6.07) is 0.284. The molecular formula is C12H24N2O2. The van der Waals surface area contributed by atoms with Gasteiger partial charge in [0.1, 0.15) is 6.04 Å². The maximum Gasteiger partial charge on any atom is 0.320 e. The zero-order valence-corrected chi connectivity index (χ0v) is 10.4. The van der Waals surface area contributed by atoms with Crippen LogP contribution >= 0.6 is 0 Å². The van der Waals surface area contributed by atoms with E-state index in [2.05, 4.69) is 17.1 Å². The molecule has 0 amide bonds. The molecule has 0 heterocycles. The number of likely N-dealkylation sites (N-methyl/N-ethyl adjacent to an activating group) is 1. The molecule has 4 heteroatoms. The van der Waals surface area contributed by atoms with Crippen LogP contribution in [-0.4, -0.2) is 48.2 Å². The van der Waals surface area contributed by atoms with E-state index in [0.717, 1.165) is 13.1 Å². The van der Waals surface area contributed by atoms with Gasteiger partial charge in [-0.25, -0.2) is 0 Å². The maximum atomic E-state index is 10.9. The third kappa shape index (κ3) is 3.76. The molecule has 0 radical (unpaired) electrons. The molecule has 1 aliphatic rings. The lowest BCUT2D eigenvalue weighted by Gasteiger charge is -2.28. The SMILES string of the molecule is CCN(CCC(NC)C(=O)O)C1CCCC1. The van der Waals surface area contributed by atoms with E-state index in [1.807, 2.05) is 0 Å². The summed E-state index contributed by atoms with van der Waals surface area (Å²) < 4.78 is 0. The molecule has 1 unspecified atom stereocenters. The van der Waals surface area contributed by atoms with Gasteiger partial charge >= 0.3 is 5.97 Å². The number of hydrogen-bond acceptors (Lipinski definition) is 3. The lowest BCUT2D eigenvalue weighted by atomic mass is 10.1. The second kappa shape index (κ2) is 6.86. The van der Waals surface area contributed by atoms with E-state index in [9.17, 15) is 4.79 Å². The molecule has 0 spiro atoms. The van der Waals surface area contributed by atoms with E-state index < -0.39 is 12.0 Å². The van der Waals surface area contributed by atoms with Crippen LogP contribution < -0.4 is 5.32 Å². The Kier molecular flexibility index (Phi) is 5.77. The van der Waals surface area contributed by atoms with Crippen molar-refractivity contribution in [3.63, 3.8) is 0 Å². The van der Waals surface area contributed by atoms with Crippen molar-refractivity contribution in [3.05, 3.63) is 0 Å². The average molecular weight is 228 g/mol. The normalized spacial score (nSPS) is 19.2. The third-order valence-corrected chi connectivity index (χ3v) is 3.60. The van der Waals surface area contributed by atoms with Crippen molar-refractivity contribution >= 4 is 5.97 Å². The van der Waals surface area contributed by atoms with Gasteiger partial charge < -0.3 is 15.3 Å². The van der Waals surface area contributed by atoms with E-state index in [1.165, 1.54) is 25.7 Å². The van der Waals surface area contributed by atoms with E-state index in [4.69, 9.17) is 5.11 Å². The van der Waals surface area contributed by atoms with Crippen LogP contribution in [0.3, 0.4) is 0 Å². The van der Waals surface area contributed by atoms with Gasteiger partial charge in [0, 0.05) is 12.6 Å². The van der Waals surface area contributed by atoms with Gasteiger partial charge in [0.25, 0.3) is 0 Å². The molecule has 0 aromatic carbocycles. The van der Waals surface area contributed by atoms with E-state index in [0.29, 0.717) is 12.5 Å². The minimum Gasteiger partial charge on any atom is -0.480 e. The molecule has 16 heavy (non-hydrogen) atoms. The number of nitrogens with one attached hydrogen (secondary N) is 1. The largest absolute Gasteiger partial charge is 0.480 e. The van der Waals surface area contributed by atoms with Crippen molar-refractivity contribution in [1.29, 1.82) is 0 Å². The number of nitrogens with zero attached hydrogens (tertiary/aromatic N) is 1. The van der Waals surface area contributed by atoms with Gasteiger partial charge in [0.05, 0.1) is 0 Å². The Bertz CT molecular complexity index is 215. The lowest BCUT2D eigenvalue weighted by molar-refractivity contribution is -0.139. The van der Waals surface area contributed by atoms with Gasteiger partial charge in [-0.1, -0.05) is 19.8 Å². The van der Waals surface area contributed by atoms with Crippen LogP contribution in [0.2, 0.25) is 0 Å². The molecule has 0 aliphatic heterocycles. The minimum atomic E-state index is -0.745. The van der Waals surface area contributed by atoms with E-state index >= 15 is 0 Å². The standard InChI is InChI=1S/C12H24N2O2/c1-3-14(10-6-4-5-7-10)9-8-11(13-2)12(15)16/h10-11,13H,3-9H2,1-2H3,(H,15,16). The van der Waals surface area contributed by atoms with Crippen LogP contribution in [0.1, 0.15) is 39.0 Å². The first-order valence-electron chi connectivity index (χ1n) is 6.33. The Morgan fingerprint density at radius 1 is 1.50 bits per heavy atom. The first-order chi connectivity index (χ1) is 7.69. The first kappa shape index (κ1) is 13.5. The van der Waals surface area contributed by atoms with Crippen LogP contribution in [0.4, 0.5) is 0 Å². The van der Waals surface area contributed by atoms with Crippen molar-refractivity contribution in [2.45, 2.75) is 51.1 Å². The smallest absolute Gasteiger partial charge is 0.320 e. The predicted molar refractivity (Wildman–Crippen MR) is 64.6 cm³/mol. The van der Waals surface area contributed by atoms with Gasteiger partial charge in [-0.2, -0.15) is 0 Å². The van der Waals surface area contributed by atoms with Gasteiger partial charge in [-0.05, 0) is 32.9 Å². The number of aliphatic carboxylic acids is 1. The van der Waals surface area contributed by atoms with Gasteiger partial charge in [0.2, 0.25) is 0 Å². The molecule has 1 saturated carbocycles. The number of rotatable bonds is 7. The van der Waals surface area contributed by atoms with Gasteiger partial charge in [-0.15, -0.1) is 0 Å². The number of hydrogen-bond donors (Lipinski definition) is 2. The number of carbonyl (C=O) groups is 1. The first-order valence-corrected chi connectivity index (χ1v) is 6.33. The van der Waals surface area contributed by atoms with Crippen molar-refractivity contribution in [3.8, 4) is 0 Å². The second-order valence-electron chi connectivity index (χ2n) is 4.54. The minimum absolute atomic E-state index is 0.407. The highest BCUT2D eigenvalue weighted by molar-refractivity contribution is 5.73. The van der Waals surface area contributed by atoms with Crippen molar-refractivity contribution in [1.82, 2.24) is 10.2 Å². The Labute approximate surface area is 98.0 Å². The molecule has 2 N–H and O–H groups in total. The highest BCUT2D eigenvalue weighted by Gasteiger charge is 2.23. The van der Waals surface area contributed by atoms with Crippen LogP contribution in [-0.2, 0) is 4.79 Å². The van der Waals surface area contributed by atoms with Crippen LogP contribution in [0.5, 0.6) is 0 Å². The van der Waals surface area contributed by atoms with Crippen molar-refractivity contribution in [2.75, 3.05) is 20.1 Å². The molecule has 1 aliphatic carbocycles. The summed E-state index contributed by atoms with van der Waals surface area (Å²) in [5.74, 6) is -0.745. The molecule has 0 aromatic rings.